The van der Waals surface area contributed by atoms with E-state index in [9.17, 15) is 0 Å². The predicted molar refractivity (Wildman–Crippen MR) is 134 cm³/mol. The Bertz CT molecular complexity index is 1120. The highest BCUT2D eigenvalue weighted by Crippen LogP contribution is 2.37. The molecule has 1 saturated carbocycles. The molecule has 0 spiro atoms. The van der Waals surface area contributed by atoms with Crippen molar-refractivity contribution in [1.82, 2.24) is 19.5 Å². The molecular formula is C24H30BN5S. The first-order chi connectivity index (χ1) is 15.2. The van der Waals surface area contributed by atoms with Gasteiger partial charge in [0.05, 0.1) is 5.39 Å². The zero-order valence-corrected chi connectivity index (χ0v) is 19.8. The number of rotatable bonds is 4. The normalized spacial score (nSPS) is 12.9. The molecule has 3 heterocycles. The summed E-state index contributed by atoms with van der Waals surface area (Å²) in [4.78, 5) is 15.0. The average Bonchev–Trinajstić information content (AvgIpc) is 3.36. The van der Waals surface area contributed by atoms with Crippen LogP contribution in [0.15, 0.2) is 42.7 Å². The maximum atomic E-state index is 6.43. The summed E-state index contributed by atoms with van der Waals surface area (Å²) in [6.07, 6.45) is 7.27. The molecule has 1 fully saturated rings. The first-order valence-electron chi connectivity index (χ1n) is 11.1. The van der Waals surface area contributed by atoms with Crippen LogP contribution in [0.3, 0.4) is 0 Å². The molecule has 1 aliphatic rings. The number of aryl methyl sites for hydroxylation is 1. The molecule has 0 saturated heterocycles. The van der Waals surface area contributed by atoms with Crippen molar-refractivity contribution in [1.29, 1.82) is 0 Å². The average molecular weight is 431 g/mol. The van der Waals surface area contributed by atoms with E-state index < -0.39 is 0 Å². The fraction of sp³-hybridized carbons (Fsp3) is 0.375. The molecule has 0 bridgehead atoms. The second-order valence-corrected chi connectivity index (χ2v) is 7.95. The van der Waals surface area contributed by atoms with Gasteiger partial charge in [-0.25, -0.2) is 15.0 Å². The minimum atomic E-state index is 0.460. The Balaban J connectivity index is 0.000000645. The summed E-state index contributed by atoms with van der Waals surface area (Å²) in [6.45, 7) is 8.00. The quantitative estimate of drug-likeness (QED) is 0.429. The zero-order valence-electron chi connectivity index (χ0n) is 19.0. The minimum Gasteiger partial charge on any atom is -0.367 e. The van der Waals surface area contributed by atoms with Crippen LogP contribution >= 0.6 is 11.3 Å². The van der Waals surface area contributed by atoms with Crippen molar-refractivity contribution in [3.8, 4) is 22.8 Å². The maximum absolute atomic E-state index is 6.43. The number of fused-ring (bicyclic) bond motifs is 1. The van der Waals surface area contributed by atoms with Crippen LogP contribution in [0.1, 0.15) is 47.0 Å². The molecule has 0 aliphatic heterocycles. The smallest absolute Gasteiger partial charge is 0.199 e. The Morgan fingerprint density at radius 3 is 2.35 bits per heavy atom. The molecular weight excluding hydrogens is 401 g/mol. The first kappa shape index (κ1) is 23.0. The summed E-state index contributed by atoms with van der Waals surface area (Å²) < 4.78 is 2.70. The molecule has 1 N–H and O–H groups in total. The van der Waals surface area contributed by atoms with Crippen LogP contribution in [0.25, 0.3) is 33.0 Å². The van der Waals surface area contributed by atoms with E-state index in [0.29, 0.717) is 11.9 Å². The van der Waals surface area contributed by atoms with Crippen LogP contribution < -0.4 is 10.1 Å². The number of hydrogen-bond donors (Lipinski definition) is 1. The molecule has 2 radical (unpaired) electrons. The number of aromatic nitrogens is 4. The number of benzene rings is 1. The Hall–Kier alpha value is -2.67. The van der Waals surface area contributed by atoms with Gasteiger partial charge >= 0.3 is 0 Å². The van der Waals surface area contributed by atoms with Crippen LogP contribution in [0.4, 0.5) is 5.82 Å². The summed E-state index contributed by atoms with van der Waals surface area (Å²) in [5.74, 6) is 2.23. The van der Waals surface area contributed by atoms with Gasteiger partial charge in [0.25, 0.3) is 0 Å². The minimum absolute atomic E-state index is 0.460. The van der Waals surface area contributed by atoms with Crippen molar-refractivity contribution in [2.24, 2.45) is 7.05 Å². The number of thiophene rings is 1. The van der Waals surface area contributed by atoms with Gasteiger partial charge in [-0.05, 0) is 35.2 Å². The molecule has 1 aromatic carbocycles. The van der Waals surface area contributed by atoms with Crippen LogP contribution in [0.5, 0.6) is 0 Å². The van der Waals surface area contributed by atoms with Crippen LogP contribution in [-0.2, 0) is 7.05 Å². The lowest BCUT2D eigenvalue weighted by Gasteiger charge is -2.27. The van der Waals surface area contributed by atoms with Crippen molar-refractivity contribution in [2.75, 3.05) is 5.32 Å². The van der Waals surface area contributed by atoms with E-state index in [2.05, 4.69) is 22.4 Å². The molecule has 5 rings (SSSR count). The summed E-state index contributed by atoms with van der Waals surface area (Å²) in [7, 11) is 8.38. The Morgan fingerprint density at radius 2 is 1.77 bits per heavy atom. The first-order valence-corrected chi connectivity index (χ1v) is 11.9. The van der Waals surface area contributed by atoms with Gasteiger partial charge in [0.1, 0.15) is 18.5 Å². The van der Waals surface area contributed by atoms with Gasteiger partial charge in [0, 0.05) is 25.5 Å². The largest absolute Gasteiger partial charge is 0.367 e. The third-order valence-corrected chi connectivity index (χ3v) is 6.02. The van der Waals surface area contributed by atoms with Crippen molar-refractivity contribution in [2.45, 2.75) is 53.0 Å². The fourth-order valence-electron chi connectivity index (χ4n) is 3.44. The third kappa shape index (κ3) is 4.66. The maximum Gasteiger partial charge on any atom is 0.199 e. The highest BCUT2D eigenvalue weighted by molar-refractivity contribution is 7.26. The van der Waals surface area contributed by atoms with E-state index >= 15 is 0 Å². The Kier molecular flexibility index (Phi) is 7.85. The highest BCUT2D eigenvalue weighted by atomic mass is 32.1. The molecule has 1 aliphatic carbocycles. The Morgan fingerprint density at radius 1 is 1.06 bits per heavy atom. The molecule has 0 atom stereocenters. The molecule has 4 aromatic rings. The summed E-state index contributed by atoms with van der Waals surface area (Å²) in [6, 6.07) is 10.7. The summed E-state index contributed by atoms with van der Waals surface area (Å²) >= 11 is 1.51. The van der Waals surface area contributed by atoms with E-state index in [4.69, 9.17) is 17.8 Å². The van der Waals surface area contributed by atoms with Crippen molar-refractivity contribution < 1.29 is 0 Å². The van der Waals surface area contributed by atoms with Crippen LogP contribution in [-0.4, -0.2) is 33.4 Å². The lowest BCUT2D eigenvalue weighted by molar-refractivity contribution is 0.445. The Labute approximate surface area is 190 Å². The number of imidazole rings is 1. The van der Waals surface area contributed by atoms with Crippen molar-refractivity contribution in [3.63, 3.8) is 0 Å². The van der Waals surface area contributed by atoms with E-state index in [1.165, 1.54) is 30.6 Å². The lowest BCUT2D eigenvalue weighted by atomic mass is 9.92. The predicted octanol–water partition coefficient (Wildman–Crippen LogP) is 5.57. The van der Waals surface area contributed by atoms with Gasteiger partial charge in [0.15, 0.2) is 11.6 Å². The summed E-state index contributed by atoms with van der Waals surface area (Å²) in [5.41, 5.74) is 2.11. The van der Waals surface area contributed by atoms with E-state index in [0.717, 1.165) is 37.8 Å². The summed E-state index contributed by atoms with van der Waals surface area (Å²) in [5, 5.41) is 4.64. The van der Waals surface area contributed by atoms with E-state index in [1.54, 1.807) is 6.20 Å². The van der Waals surface area contributed by atoms with Crippen molar-refractivity contribution in [3.05, 3.63) is 42.7 Å². The second kappa shape index (κ2) is 10.6. The molecule has 160 valence electrons. The number of hydrogen-bond acceptors (Lipinski definition) is 5. The van der Waals surface area contributed by atoms with E-state index in [1.807, 2.05) is 63.7 Å². The van der Waals surface area contributed by atoms with Crippen LogP contribution in [0, 0.1) is 0 Å². The third-order valence-electron chi connectivity index (χ3n) is 5.11. The number of nitrogens with one attached hydrogen (secondary N) is 1. The fourth-order valence-corrected chi connectivity index (χ4v) is 4.40. The van der Waals surface area contributed by atoms with Gasteiger partial charge in [-0.2, -0.15) is 0 Å². The topological polar surface area (TPSA) is 55.6 Å². The van der Waals surface area contributed by atoms with Gasteiger partial charge < -0.3 is 9.88 Å². The van der Waals surface area contributed by atoms with Gasteiger partial charge in [-0.15, -0.1) is 11.3 Å². The standard InChI is InChI=1S/C20H18BN5S.2C2H6/c1-26-11-10-22-19(26)18-24-17(23-13-8-5-9-13)15-14(12-6-3-2-4-7-12)16(21)27-20(15)25-18;2*1-2/h2-4,6-7,10-11,13H,5,8-9H2,1H3,(H,23,24,25);2*1-2H3. The van der Waals surface area contributed by atoms with Gasteiger partial charge in [-0.3, -0.25) is 0 Å². The van der Waals surface area contributed by atoms with Gasteiger partial charge in [0.2, 0.25) is 0 Å². The molecule has 3 aromatic heterocycles. The van der Waals surface area contributed by atoms with Crippen molar-refractivity contribution >= 4 is 40.0 Å². The molecule has 7 heteroatoms. The highest BCUT2D eigenvalue weighted by Gasteiger charge is 2.23. The van der Waals surface area contributed by atoms with Gasteiger partial charge in [-0.1, -0.05) is 58.0 Å². The molecule has 0 amide bonds. The zero-order chi connectivity index (χ0) is 22.4. The lowest BCUT2D eigenvalue weighted by Crippen LogP contribution is -2.27. The second-order valence-electron chi connectivity index (χ2n) is 6.92. The SMILES string of the molecule is CC.CC.[B]c1sc2nc(-c3nccn3C)nc(NC3CCC3)c2c1-c1ccccc1. The number of nitrogens with zero attached hydrogens (tertiary/aromatic N) is 4. The monoisotopic (exact) mass is 431 g/mol. The molecule has 0 unspecified atom stereocenters. The number of anilines is 1. The molecule has 31 heavy (non-hydrogen) atoms. The van der Waals surface area contributed by atoms with E-state index in [-0.39, 0.29) is 0 Å². The molecule has 5 nitrogen and oxygen atoms in total. The van der Waals surface area contributed by atoms with Crippen LogP contribution in [0.2, 0.25) is 0 Å².